The summed E-state index contributed by atoms with van der Waals surface area (Å²) in [6, 6.07) is 7.92. The van der Waals surface area contributed by atoms with Crippen LogP contribution in [0.1, 0.15) is 24.9 Å². The molecular weight excluding hydrogens is 220 g/mol. The second-order valence-electron chi connectivity index (χ2n) is 3.47. The first-order chi connectivity index (χ1) is 7.77. The molecule has 2 nitrogen and oxygen atoms in total. The molecule has 0 aromatic heterocycles. The lowest BCUT2D eigenvalue weighted by Gasteiger charge is -2.16. The molecule has 1 rings (SSSR count). The largest absolute Gasteiger partial charge is 0.329 e. The first-order valence-electron chi connectivity index (χ1n) is 5.36. The van der Waals surface area contributed by atoms with E-state index in [1.807, 2.05) is 31.2 Å². The van der Waals surface area contributed by atoms with Crippen LogP contribution in [0.2, 0.25) is 5.02 Å². The monoisotopic (exact) mass is 236 g/mol. The van der Waals surface area contributed by atoms with Crippen molar-refractivity contribution in [2.24, 2.45) is 5.73 Å². The minimum atomic E-state index is 0.150. The van der Waals surface area contributed by atoms with Crippen LogP contribution in [-0.2, 0) is 0 Å². The zero-order chi connectivity index (χ0) is 11.8. The number of hydrogen-bond acceptors (Lipinski definition) is 2. The van der Waals surface area contributed by atoms with Gasteiger partial charge in [0.2, 0.25) is 0 Å². The molecule has 3 heteroatoms. The number of halogens is 1. The van der Waals surface area contributed by atoms with Crippen molar-refractivity contribution >= 4 is 11.6 Å². The van der Waals surface area contributed by atoms with Crippen molar-refractivity contribution < 1.29 is 0 Å². The predicted octanol–water partition coefficient (Wildman–Crippen LogP) is 2.34. The molecule has 0 aliphatic heterocycles. The summed E-state index contributed by atoms with van der Waals surface area (Å²) >= 11 is 5.94. The molecule has 0 heterocycles. The van der Waals surface area contributed by atoms with Crippen molar-refractivity contribution in [3.05, 3.63) is 34.9 Å². The molecule has 0 aliphatic rings. The maximum Gasteiger partial charge on any atom is 0.0445 e. The summed E-state index contributed by atoms with van der Waals surface area (Å²) in [4.78, 5) is 0. The van der Waals surface area contributed by atoms with Gasteiger partial charge in [-0.3, -0.25) is 0 Å². The number of nitrogens with two attached hydrogens (primary N) is 1. The number of benzene rings is 1. The zero-order valence-corrected chi connectivity index (χ0v) is 10.2. The molecule has 16 heavy (non-hydrogen) atoms. The van der Waals surface area contributed by atoms with Gasteiger partial charge >= 0.3 is 0 Å². The topological polar surface area (TPSA) is 38.0 Å². The molecule has 1 aromatic rings. The third kappa shape index (κ3) is 4.24. The summed E-state index contributed by atoms with van der Waals surface area (Å²) in [5, 5.41) is 4.10. The van der Waals surface area contributed by atoms with E-state index in [-0.39, 0.29) is 6.04 Å². The molecule has 1 unspecified atom stereocenters. The third-order valence-electron chi connectivity index (χ3n) is 2.30. The quantitative estimate of drug-likeness (QED) is 0.609. The van der Waals surface area contributed by atoms with E-state index in [0.717, 1.165) is 23.6 Å². The molecule has 1 aromatic carbocycles. The van der Waals surface area contributed by atoms with Gasteiger partial charge in [0.25, 0.3) is 0 Å². The molecule has 0 spiro atoms. The van der Waals surface area contributed by atoms with Crippen molar-refractivity contribution in [3.8, 4) is 11.8 Å². The molecule has 0 saturated heterocycles. The van der Waals surface area contributed by atoms with Gasteiger partial charge in [-0.1, -0.05) is 23.7 Å². The summed E-state index contributed by atoms with van der Waals surface area (Å²) in [6.45, 7) is 3.24. The third-order valence-corrected chi connectivity index (χ3v) is 2.54. The van der Waals surface area contributed by atoms with Gasteiger partial charge in [-0.25, -0.2) is 0 Å². The highest BCUT2D eigenvalue weighted by Gasteiger charge is 2.08. The summed E-state index contributed by atoms with van der Waals surface area (Å²) in [5.74, 6) is 5.88. The minimum Gasteiger partial charge on any atom is -0.329 e. The standard InChI is InChI=1S/C13H17ClN2/c1-2-3-4-8-16-13(10-15)11-6-5-7-12(14)9-11/h5-7,9,13,16H,4,8,10,15H2,1H3. The minimum absolute atomic E-state index is 0.150. The fourth-order valence-electron chi connectivity index (χ4n) is 1.49. The van der Waals surface area contributed by atoms with Crippen LogP contribution in [0.15, 0.2) is 24.3 Å². The Kier molecular flexibility index (Phi) is 5.95. The van der Waals surface area contributed by atoms with E-state index in [1.165, 1.54) is 0 Å². The number of nitrogens with one attached hydrogen (secondary N) is 1. The van der Waals surface area contributed by atoms with Gasteiger partial charge in [-0.2, -0.15) is 0 Å². The smallest absolute Gasteiger partial charge is 0.0445 e. The lowest BCUT2D eigenvalue weighted by molar-refractivity contribution is 0.550. The Balaban J connectivity index is 2.55. The maximum atomic E-state index is 5.94. The van der Waals surface area contributed by atoms with E-state index < -0.39 is 0 Å². The molecule has 0 saturated carbocycles. The second kappa shape index (κ2) is 7.29. The Morgan fingerprint density at radius 2 is 2.31 bits per heavy atom. The number of hydrogen-bond donors (Lipinski definition) is 2. The van der Waals surface area contributed by atoms with Crippen LogP contribution in [0.4, 0.5) is 0 Å². The average molecular weight is 237 g/mol. The van der Waals surface area contributed by atoms with Crippen LogP contribution >= 0.6 is 11.6 Å². The fraction of sp³-hybridized carbons (Fsp3) is 0.385. The average Bonchev–Trinajstić information content (AvgIpc) is 2.29. The lowest BCUT2D eigenvalue weighted by Crippen LogP contribution is -2.28. The summed E-state index contributed by atoms with van der Waals surface area (Å²) in [6.07, 6.45) is 0.841. The van der Waals surface area contributed by atoms with Gasteiger partial charge in [0.1, 0.15) is 0 Å². The maximum absolute atomic E-state index is 5.94. The Hall–Kier alpha value is -1.01. The Bertz CT molecular complexity index is 379. The van der Waals surface area contributed by atoms with Crippen LogP contribution in [0, 0.1) is 11.8 Å². The Labute approximate surface area is 102 Å². The van der Waals surface area contributed by atoms with Crippen molar-refractivity contribution in [2.45, 2.75) is 19.4 Å². The molecule has 0 bridgehead atoms. The molecule has 1 atom stereocenters. The van der Waals surface area contributed by atoms with Crippen LogP contribution in [-0.4, -0.2) is 13.1 Å². The molecule has 0 radical (unpaired) electrons. The SMILES string of the molecule is CC#CCCNC(CN)c1cccc(Cl)c1. The molecular formula is C13H17ClN2. The van der Waals surface area contributed by atoms with Gasteiger partial charge in [-0.15, -0.1) is 11.8 Å². The van der Waals surface area contributed by atoms with Gasteiger partial charge in [0, 0.05) is 30.6 Å². The zero-order valence-electron chi connectivity index (χ0n) is 9.46. The molecule has 0 amide bonds. The predicted molar refractivity (Wildman–Crippen MR) is 69.3 cm³/mol. The van der Waals surface area contributed by atoms with E-state index in [0.29, 0.717) is 6.54 Å². The van der Waals surface area contributed by atoms with E-state index >= 15 is 0 Å². The summed E-state index contributed by atoms with van der Waals surface area (Å²) in [5.41, 5.74) is 6.85. The van der Waals surface area contributed by atoms with Crippen molar-refractivity contribution in [1.29, 1.82) is 0 Å². The molecule has 86 valence electrons. The number of rotatable bonds is 5. The molecule has 3 N–H and O–H groups in total. The Morgan fingerprint density at radius 3 is 2.94 bits per heavy atom. The Morgan fingerprint density at radius 1 is 1.50 bits per heavy atom. The van der Waals surface area contributed by atoms with Crippen molar-refractivity contribution in [2.75, 3.05) is 13.1 Å². The highest BCUT2D eigenvalue weighted by atomic mass is 35.5. The second-order valence-corrected chi connectivity index (χ2v) is 3.91. The normalized spacial score (nSPS) is 11.7. The highest BCUT2D eigenvalue weighted by molar-refractivity contribution is 6.30. The van der Waals surface area contributed by atoms with E-state index in [2.05, 4.69) is 17.2 Å². The summed E-state index contributed by atoms with van der Waals surface area (Å²) < 4.78 is 0. The fourth-order valence-corrected chi connectivity index (χ4v) is 1.69. The van der Waals surface area contributed by atoms with Gasteiger partial charge < -0.3 is 11.1 Å². The van der Waals surface area contributed by atoms with Crippen LogP contribution in [0.5, 0.6) is 0 Å². The van der Waals surface area contributed by atoms with E-state index in [1.54, 1.807) is 0 Å². The first kappa shape index (κ1) is 13.1. The van der Waals surface area contributed by atoms with Crippen LogP contribution < -0.4 is 11.1 Å². The van der Waals surface area contributed by atoms with Crippen LogP contribution in [0.25, 0.3) is 0 Å². The van der Waals surface area contributed by atoms with Gasteiger partial charge in [0.05, 0.1) is 0 Å². The van der Waals surface area contributed by atoms with Gasteiger partial charge in [0.15, 0.2) is 0 Å². The van der Waals surface area contributed by atoms with Gasteiger partial charge in [-0.05, 0) is 24.6 Å². The van der Waals surface area contributed by atoms with Crippen LogP contribution in [0.3, 0.4) is 0 Å². The van der Waals surface area contributed by atoms with E-state index in [9.17, 15) is 0 Å². The first-order valence-corrected chi connectivity index (χ1v) is 5.74. The summed E-state index contributed by atoms with van der Waals surface area (Å²) in [7, 11) is 0. The van der Waals surface area contributed by atoms with Crippen molar-refractivity contribution in [1.82, 2.24) is 5.32 Å². The lowest BCUT2D eigenvalue weighted by atomic mass is 10.1. The molecule has 0 fully saturated rings. The van der Waals surface area contributed by atoms with Crippen molar-refractivity contribution in [3.63, 3.8) is 0 Å². The highest BCUT2D eigenvalue weighted by Crippen LogP contribution is 2.16. The van der Waals surface area contributed by atoms with E-state index in [4.69, 9.17) is 17.3 Å². The molecule has 0 aliphatic carbocycles.